The Balaban J connectivity index is 1.85. The number of nitrogens with zero attached hydrogens (tertiary/aromatic N) is 2. The fourth-order valence-electron chi connectivity index (χ4n) is 2.68. The van der Waals surface area contributed by atoms with Crippen molar-refractivity contribution in [2.24, 2.45) is 0 Å². The van der Waals surface area contributed by atoms with Crippen molar-refractivity contribution in [3.8, 4) is 0 Å². The van der Waals surface area contributed by atoms with Crippen LogP contribution in [0.4, 0.5) is 4.39 Å². The molecule has 1 aliphatic heterocycles. The van der Waals surface area contributed by atoms with Crippen LogP contribution in [0.5, 0.6) is 0 Å². The molecular weight excluding hydrogens is 243 g/mol. The van der Waals surface area contributed by atoms with Gasteiger partial charge in [-0.25, -0.2) is 4.39 Å². The molecule has 3 nitrogen and oxygen atoms in total. The van der Waals surface area contributed by atoms with Crippen molar-refractivity contribution in [1.29, 1.82) is 0 Å². The number of aliphatic hydroxyl groups excluding tert-OH is 1. The first-order chi connectivity index (χ1) is 9.20. The molecule has 0 aliphatic carbocycles. The Morgan fingerprint density at radius 2 is 1.89 bits per heavy atom. The Bertz CT molecular complexity index is 391. The van der Waals surface area contributed by atoms with E-state index in [-0.39, 0.29) is 12.4 Å². The highest BCUT2D eigenvalue weighted by atomic mass is 19.1. The fourth-order valence-corrected chi connectivity index (χ4v) is 2.68. The second-order valence-electron chi connectivity index (χ2n) is 5.25. The van der Waals surface area contributed by atoms with Gasteiger partial charge >= 0.3 is 0 Å². The zero-order valence-corrected chi connectivity index (χ0v) is 11.6. The molecule has 1 aromatic carbocycles. The molecule has 1 N–H and O–H groups in total. The number of benzene rings is 1. The summed E-state index contributed by atoms with van der Waals surface area (Å²) in [5.41, 5.74) is 0.799. The highest BCUT2D eigenvalue weighted by molar-refractivity contribution is 5.18. The van der Waals surface area contributed by atoms with Gasteiger partial charge in [-0.15, -0.1) is 0 Å². The number of aliphatic hydroxyl groups is 1. The minimum atomic E-state index is -0.103. The third-order valence-corrected chi connectivity index (χ3v) is 3.92. The summed E-state index contributed by atoms with van der Waals surface area (Å²) in [5.74, 6) is -0.103. The van der Waals surface area contributed by atoms with Crippen LogP contribution in [0.1, 0.15) is 12.5 Å². The van der Waals surface area contributed by atoms with Crippen molar-refractivity contribution in [1.82, 2.24) is 9.80 Å². The van der Waals surface area contributed by atoms with Gasteiger partial charge in [0.25, 0.3) is 0 Å². The fraction of sp³-hybridized carbons (Fsp3) is 0.600. The second kappa shape index (κ2) is 6.98. The molecule has 1 saturated heterocycles. The number of halogens is 1. The Morgan fingerprint density at radius 3 is 2.53 bits per heavy atom. The first-order valence-electron chi connectivity index (χ1n) is 7.01. The first-order valence-corrected chi connectivity index (χ1v) is 7.01. The van der Waals surface area contributed by atoms with E-state index in [1.807, 2.05) is 12.1 Å². The molecule has 106 valence electrons. The van der Waals surface area contributed by atoms with Gasteiger partial charge in [-0.05, 0) is 25.0 Å². The van der Waals surface area contributed by atoms with E-state index in [9.17, 15) is 4.39 Å². The van der Waals surface area contributed by atoms with E-state index in [1.165, 1.54) is 6.07 Å². The highest BCUT2D eigenvalue weighted by Crippen LogP contribution is 2.14. The van der Waals surface area contributed by atoms with E-state index in [1.54, 1.807) is 6.07 Å². The average molecular weight is 266 g/mol. The van der Waals surface area contributed by atoms with E-state index >= 15 is 0 Å². The molecule has 2 rings (SSSR count). The molecule has 0 aromatic heterocycles. The van der Waals surface area contributed by atoms with Crippen LogP contribution in [0.3, 0.4) is 0 Å². The number of hydrogen-bond donors (Lipinski definition) is 1. The maximum Gasteiger partial charge on any atom is 0.126 e. The predicted octanol–water partition coefficient (Wildman–Crippen LogP) is 1.37. The van der Waals surface area contributed by atoms with Gasteiger partial charge in [0, 0.05) is 38.8 Å². The van der Waals surface area contributed by atoms with Crippen LogP contribution in [0.15, 0.2) is 24.3 Å². The van der Waals surface area contributed by atoms with Gasteiger partial charge in [-0.3, -0.25) is 9.80 Å². The molecule has 1 atom stereocenters. The molecule has 1 aromatic rings. The van der Waals surface area contributed by atoms with Crippen LogP contribution in [-0.4, -0.2) is 60.3 Å². The molecule has 1 heterocycles. The summed E-state index contributed by atoms with van der Waals surface area (Å²) < 4.78 is 13.6. The van der Waals surface area contributed by atoms with Crippen LogP contribution < -0.4 is 0 Å². The lowest BCUT2D eigenvalue weighted by Crippen LogP contribution is -2.50. The topological polar surface area (TPSA) is 26.7 Å². The molecule has 19 heavy (non-hydrogen) atoms. The van der Waals surface area contributed by atoms with Crippen LogP contribution in [0.25, 0.3) is 0 Å². The summed E-state index contributed by atoms with van der Waals surface area (Å²) in [4.78, 5) is 4.67. The molecule has 0 unspecified atom stereocenters. The third-order valence-electron chi connectivity index (χ3n) is 3.92. The standard InChI is InChI=1S/C15H23FN2O/c1-13(12-14-4-2-3-5-15(14)16)18-8-6-17(7-9-18)10-11-19/h2-5,13,19H,6-12H2,1H3/t13-/m1/s1. The number of hydrogen-bond acceptors (Lipinski definition) is 3. The van der Waals surface area contributed by atoms with E-state index in [2.05, 4.69) is 16.7 Å². The lowest BCUT2D eigenvalue weighted by atomic mass is 10.0. The van der Waals surface area contributed by atoms with Gasteiger partial charge in [0.2, 0.25) is 0 Å². The Hall–Kier alpha value is -0.970. The largest absolute Gasteiger partial charge is 0.395 e. The monoisotopic (exact) mass is 266 g/mol. The van der Waals surface area contributed by atoms with Crippen LogP contribution in [0, 0.1) is 5.82 Å². The van der Waals surface area contributed by atoms with Gasteiger partial charge in [-0.2, -0.15) is 0 Å². The molecular formula is C15H23FN2O. The van der Waals surface area contributed by atoms with Crippen molar-refractivity contribution in [2.45, 2.75) is 19.4 Å². The summed E-state index contributed by atoms with van der Waals surface area (Å²) in [7, 11) is 0. The SMILES string of the molecule is C[C@H](Cc1ccccc1F)N1CCN(CCO)CC1. The molecule has 4 heteroatoms. The third kappa shape index (κ3) is 4.00. The highest BCUT2D eigenvalue weighted by Gasteiger charge is 2.21. The maximum absolute atomic E-state index is 13.6. The quantitative estimate of drug-likeness (QED) is 0.872. The van der Waals surface area contributed by atoms with Crippen molar-refractivity contribution in [3.63, 3.8) is 0 Å². The number of piperazine rings is 1. The average Bonchev–Trinajstić information content (AvgIpc) is 2.42. The van der Waals surface area contributed by atoms with Gasteiger partial charge in [-0.1, -0.05) is 18.2 Å². The molecule has 0 radical (unpaired) electrons. The molecule has 0 amide bonds. The summed E-state index contributed by atoms with van der Waals surface area (Å²) in [6.45, 7) is 7.12. The van der Waals surface area contributed by atoms with Crippen molar-refractivity contribution in [3.05, 3.63) is 35.6 Å². The van der Waals surface area contributed by atoms with Gasteiger partial charge < -0.3 is 5.11 Å². The summed E-state index contributed by atoms with van der Waals surface area (Å²) in [6, 6.07) is 7.38. The van der Waals surface area contributed by atoms with Crippen molar-refractivity contribution >= 4 is 0 Å². The zero-order chi connectivity index (χ0) is 13.7. The predicted molar refractivity (Wildman–Crippen MR) is 74.7 cm³/mol. The lowest BCUT2D eigenvalue weighted by Gasteiger charge is -2.38. The Labute approximate surface area is 114 Å². The maximum atomic E-state index is 13.6. The molecule has 0 bridgehead atoms. The van der Waals surface area contributed by atoms with E-state index in [0.717, 1.165) is 44.7 Å². The van der Waals surface area contributed by atoms with Crippen molar-refractivity contribution < 1.29 is 9.50 Å². The molecule has 0 spiro atoms. The second-order valence-corrected chi connectivity index (χ2v) is 5.25. The minimum absolute atomic E-state index is 0.103. The summed E-state index contributed by atoms with van der Waals surface area (Å²) in [6.07, 6.45) is 0.757. The zero-order valence-electron chi connectivity index (χ0n) is 11.6. The van der Waals surface area contributed by atoms with Gasteiger partial charge in [0.05, 0.1) is 6.61 Å². The van der Waals surface area contributed by atoms with E-state index in [4.69, 9.17) is 5.11 Å². The minimum Gasteiger partial charge on any atom is -0.395 e. The van der Waals surface area contributed by atoms with E-state index in [0.29, 0.717) is 6.04 Å². The van der Waals surface area contributed by atoms with Crippen LogP contribution in [-0.2, 0) is 6.42 Å². The van der Waals surface area contributed by atoms with Crippen molar-refractivity contribution in [2.75, 3.05) is 39.3 Å². The summed E-state index contributed by atoms with van der Waals surface area (Å²) in [5, 5.41) is 8.92. The number of β-amino-alcohol motifs (C(OH)–C–C–N with tert-alkyl or cyclic N) is 1. The lowest BCUT2D eigenvalue weighted by molar-refractivity contribution is 0.0886. The van der Waals surface area contributed by atoms with Gasteiger partial charge in [0.15, 0.2) is 0 Å². The van der Waals surface area contributed by atoms with Gasteiger partial charge in [0.1, 0.15) is 5.82 Å². The normalized spacial score (nSPS) is 19.5. The first kappa shape index (κ1) is 14.4. The van der Waals surface area contributed by atoms with Crippen LogP contribution in [0.2, 0.25) is 0 Å². The molecule has 1 aliphatic rings. The summed E-state index contributed by atoms with van der Waals surface area (Å²) >= 11 is 0. The smallest absolute Gasteiger partial charge is 0.126 e. The Kier molecular flexibility index (Phi) is 5.31. The Morgan fingerprint density at radius 1 is 1.21 bits per heavy atom. The molecule has 0 saturated carbocycles. The van der Waals surface area contributed by atoms with Crippen LogP contribution >= 0.6 is 0 Å². The number of rotatable bonds is 5. The van der Waals surface area contributed by atoms with E-state index < -0.39 is 0 Å². The molecule has 1 fully saturated rings.